The SMILES string of the molecule is CC(C)(C)c1nc(CN2CCC(C#N)CC2)no1. The highest BCUT2D eigenvalue weighted by Crippen LogP contribution is 2.21. The molecule has 2 heterocycles. The number of hydrogen-bond acceptors (Lipinski definition) is 5. The van der Waals surface area contributed by atoms with Crippen molar-refractivity contribution in [3.05, 3.63) is 11.7 Å². The zero-order chi connectivity index (χ0) is 13.2. The monoisotopic (exact) mass is 248 g/mol. The molecule has 5 heteroatoms. The van der Waals surface area contributed by atoms with Gasteiger partial charge in [0.25, 0.3) is 0 Å². The summed E-state index contributed by atoms with van der Waals surface area (Å²) < 4.78 is 5.27. The van der Waals surface area contributed by atoms with E-state index in [0.29, 0.717) is 5.89 Å². The van der Waals surface area contributed by atoms with Crippen LogP contribution < -0.4 is 0 Å². The predicted molar refractivity (Wildman–Crippen MR) is 66.6 cm³/mol. The van der Waals surface area contributed by atoms with Crippen LogP contribution in [0.5, 0.6) is 0 Å². The quantitative estimate of drug-likeness (QED) is 0.802. The van der Waals surface area contributed by atoms with Gasteiger partial charge in [-0.15, -0.1) is 0 Å². The zero-order valence-corrected chi connectivity index (χ0v) is 11.3. The summed E-state index contributed by atoms with van der Waals surface area (Å²) in [6.45, 7) is 8.78. The number of rotatable bonds is 2. The maximum absolute atomic E-state index is 8.85. The van der Waals surface area contributed by atoms with Gasteiger partial charge in [-0.3, -0.25) is 4.90 Å². The molecule has 0 atom stereocenters. The fourth-order valence-electron chi connectivity index (χ4n) is 2.04. The third-order valence-electron chi connectivity index (χ3n) is 3.24. The number of likely N-dealkylation sites (tertiary alicyclic amines) is 1. The summed E-state index contributed by atoms with van der Waals surface area (Å²) in [4.78, 5) is 6.71. The topological polar surface area (TPSA) is 66.0 Å². The van der Waals surface area contributed by atoms with Crippen LogP contribution in [0, 0.1) is 17.2 Å². The summed E-state index contributed by atoms with van der Waals surface area (Å²) in [5, 5.41) is 12.9. The molecule has 0 spiro atoms. The van der Waals surface area contributed by atoms with Crippen molar-refractivity contribution >= 4 is 0 Å². The summed E-state index contributed by atoms with van der Waals surface area (Å²) in [7, 11) is 0. The molecule has 2 rings (SSSR count). The van der Waals surface area contributed by atoms with Gasteiger partial charge < -0.3 is 4.52 Å². The van der Waals surface area contributed by atoms with Gasteiger partial charge in [0.2, 0.25) is 5.89 Å². The predicted octanol–water partition coefficient (Wildman–Crippen LogP) is 2.10. The second-order valence-electron chi connectivity index (χ2n) is 5.95. The fraction of sp³-hybridized carbons (Fsp3) is 0.769. The van der Waals surface area contributed by atoms with Gasteiger partial charge in [0.15, 0.2) is 5.82 Å². The Morgan fingerprint density at radius 3 is 2.56 bits per heavy atom. The molecule has 0 saturated carbocycles. The van der Waals surface area contributed by atoms with E-state index >= 15 is 0 Å². The molecule has 1 saturated heterocycles. The molecule has 1 aromatic rings. The average molecular weight is 248 g/mol. The van der Waals surface area contributed by atoms with Crippen molar-refractivity contribution < 1.29 is 4.52 Å². The highest BCUT2D eigenvalue weighted by Gasteiger charge is 2.24. The molecular weight excluding hydrogens is 228 g/mol. The normalized spacial score (nSPS) is 18.8. The van der Waals surface area contributed by atoms with Gasteiger partial charge in [0.1, 0.15) is 0 Å². The summed E-state index contributed by atoms with van der Waals surface area (Å²) in [6, 6.07) is 2.34. The van der Waals surface area contributed by atoms with Crippen LogP contribution in [-0.2, 0) is 12.0 Å². The van der Waals surface area contributed by atoms with Crippen LogP contribution >= 0.6 is 0 Å². The molecule has 1 aliphatic rings. The van der Waals surface area contributed by atoms with Gasteiger partial charge >= 0.3 is 0 Å². The number of nitriles is 1. The number of hydrogen-bond donors (Lipinski definition) is 0. The molecular formula is C13H20N4O. The Bertz CT molecular complexity index is 433. The molecule has 0 N–H and O–H groups in total. The summed E-state index contributed by atoms with van der Waals surface area (Å²) in [6.07, 6.45) is 1.89. The summed E-state index contributed by atoms with van der Waals surface area (Å²) >= 11 is 0. The van der Waals surface area contributed by atoms with Crippen molar-refractivity contribution in [1.29, 1.82) is 5.26 Å². The van der Waals surface area contributed by atoms with Gasteiger partial charge in [0, 0.05) is 11.3 Å². The van der Waals surface area contributed by atoms with Crippen molar-refractivity contribution in [2.75, 3.05) is 13.1 Å². The minimum absolute atomic E-state index is 0.0982. The zero-order valence-electron chi connectivity index (χ0n) is 11.3. The van der Waals surface area contributed by atoms with Crippen molar-refractivity contribution in [2.24, 2.45) is 5.92 Å². The van der Waals surface area contributed by atoms with Gasteiger partial charge in [-0.2, -0.15) is 10.2 Å². The molecule has 0 aromatic carbocycles. The second-order valence-corrected chi connectivity index (χ2v) is 5.95. The van der Waals surface area contributed by atoms with Crippen LogP contribution in [-0.4, -0.2) is 28.1 Å². The lowest BCUT2D eigenvalue weighted by molar-refractivity contribution is 0.191. The van der Waals surface area contributed by atoms with Gasteiger partial charge in [-0.05, 0) is 25.9 Å². The largest absolute Gasteiger partial charge is 0.339 e. The molecule has 18 heavy (non-hydrogen) atoms. The lowest BCUT2D eigenvalue weighted by Crippen LogP contribution is -2.33. The van der Waals surface area contributed by atoms with Crippen LogP contribution in [0.3, 0.4) is 0 Å². The van der Waals surface area contributed by atoms with E-state index in [1.807, 2.05) is 0 Å². The Morgan fingerprint density at radius 1 is 1.39 bits per heavy atom. The van der Waals surface area contributed by atoms with Crippen LogP contribution in [0.4, 0.5) is 0 Å². The molecule has 1 fully saturated rings. The maximum Gasteiger partial charge on any atom is 0.232 e. The molecule has 98 valence electrons. The molecule has 1 aromatic heterocycles. The molecule has 0 radical (unpaired) electrons. The van der Waals surface area contributed by atoms with Crippen LogP contribution in [0.2, 0.25) is 0 Å². The Morgan fingerprint density at radius 2 is 2.06 bits per heavy atom. The van der Waals surface area contributed by atoms with E-state index in [0.717, 1.165) is 38.3 Å². The maximum atomic E-state index is 8.85. The van der Waals surface area contributed by atoms with E-state index in [-0.39, 0.29) is 11.3 Å². The molecule has 5 nitrogen and oxygen atoms in total. The van der Waals surface area contributed by atoms with Crippen LogP contribution in [0.15, 0.2) is 4.52 Å². The first-order valence-corrected chi connectivity index (χ1v) is 6.44. The molecule has 0 aliphatic carbocycles. The van der Waals surface area contributed by atoms with Gasteiger partial charge in [0.05, 0.1) is 12.6 Å². The fourth-order valence-corrected chi connectivity index (χ4v) is 2.04. The Labute approximate surface area is 108 Å². The van der Waals surface area contributed by atoms with E-state index in [1.165, 1.54) is 0 Å². The lowest BCUT2D eigenvalue weighted by atomic mass is 9.97. The molecule has 0 bridgehead atoms. The van der Waals surface area contributed by atoms with Crippen molar-refractivity contribution in [2.45, 2.75) is 45.6 Å². The van der Waals surface area contributed by atoms with Gasteiger partial charge in [-0.1, -0.05) is 25.9 Å². The lowest BCUT2D eigenvalue weighted by Gasteiger charge is -2.27. The number of nitrogens with zero attached hydrogens (tertiary/aromatic N) is 4. The minimum atomic E-state index is -0.0982. The standard InChI is InChI=1S/C13H20N4O/c1-13(2,3)12-15-11(16-18-12)9-17-6-4-10(8-14)5-7-17/h10H,4-7,9H2,1-3H3. The molecule has 0 amide bonds. The Balaban J connectivity index is 1.91. The van der Waals surface area contributed by atoms with Crippen molar-refractivity contribution in [3.8, 4) is 6.07 Å². The highest BCUT2D eigenvalue weighted by molar-refractivity contribution is 4.98. The van der Waals surface area contributed by atoms with Gasteiger partial charge in [-0.25, -0.2) is 0 Å². The molecule has 0 unspecified atom stereocenters. The Hall–Kier alpha value is -1.41. The van der Waals surface area contributed by atoms with E-state index in [1.54, 1.807) is 0 Å². The van der Waals surface area contributed by atoms with E-state index in [2.05, 4.69) is 41.9 Å². The molecule has 1 aliphatic heterocycles. The first-order chi connectivity index (χ1) is 8.49. The third kappa shape index (κ3) is 3.08. The highest BCUT2D eigenvalue weighted by atomic mass is 16.5. The van der Waals surface area contributed by atoms with E-state index < -0.39 is 0 Å². The number of piperidine rings is 1. The first kappa shape index (κ1) is 13.0. The summed E-state index contributed by atoms with van der Waals surface area (Å²) in [5.74, 6) is 1.65. The minimum Gasteiger partial charge on any atom is -0.339 e. The Kier molecular flexibility index (Phi) is 3.67. The van der Waals surface area contributed by atoms with Crippen LogP contribution in [0.25, 0.3) is 0 Å². The van der Waals surface area contributed by atoms with E-state index in [4.69, 9.17) is 9.78 Å². The van der Waals surface area contributed by atoms with E-state index in [9.17, 15) is 0 Å². The average Bonchev–Trinajstić information content (AvgIpc) is 2.78. The summed E-state index contributed by atoms with van der Waals surface area (Å²) in [5.41, 5.74) is -0.0982. The smallest absolute Gasteiger partial charge is 0.232 e. The number of aromatic nitrogens is 2. The van der Waals surface area contributed by atoms with Crippen LogP contribution in [0.1, 0.15) is 45.3 Å². The van der Waals surface area contributed by atoms with Crippen molar-refractivity contribution in [1.82, 2.24) is 15.0 Å². The second kappa shape index (κ2) is 5.07. The third-order valence-corrected chi connectivity index (χ3v) is 3.24. The van der Waals surface area contributed by atoms with Crippen molar-refractivity contribution in [3.63, 3.8) is 0 Å². The first-order valence-electron chi connectivity index (χ1n) is 6.44.